The van der Waals surface area contributed by atoms with Gasteiger partial charge in [0, 0.05) is 17.3 Å². The van der Waals surface area contributed by atoms with Gasteiger partial charge >= 0.3 is 0 Å². The van der Waals surface area contributed by atoms with Crippen LogP contribution >= 0.6 is 0 Å². The molecule has 0 atom stereocenters. The van der Waals surface area contributed by atoms with Crippen LogP contribution in [-0.2, 0) is 22.6 Å². The van der Waals surface area contributed by atoms with Gasteiger partial charge in [-0.2, -0.15) is 0 Å². The average molecular weight is 399 g/mol. The third kappa shape index (κ3) is 5.15. The molecular formula is C26H26N2O2. The first kappa shape index (κ1) is 19.9. The maximum atomic E-state index is 12.9. The topological polar surface area (TPSA) is 49.4 Å². The molecule has 4 rings (SSSR count). The lowest BCUT2D eigenvalue weighted by atomic mass is 10.1. The summed E-state index contributed by atoms with van der Waals surface area (Å²) >= 11 is 0. The van der Waals surface area contributed by atoms with Gasteiger partial charge in [-0.3, -0.25) is 9.59 Å². The summed E-state index contributed by atoms with van der Waals surface area (Å²) in [6.07, 6.45) is 2.24. The number of carbonyl (C=O) groups excluding carboxylic acids is 2. The van der Waals surface area contributed by atoms with E-state index in [1.807, 2.05) is 65.6 Å². The maximum Gasteiger partial charge on any atom is 0.230 e. The molecule has 4 nitrogen and oxygen atoms in total. The Morgan fingerprint density at radius 1 is 0.900 bits per heavy atom. The Bertz CT molecular complexity index is 1020. The number of nitrogens with zero attached hydrogens (tertiary/aromatic N) is 1. The van der Waals surface area contributed by atoms with Crippen molar-refractivity contribution in [3.63, 3.8) is 0 Å². The highest BCUT2D eigenvalue weighted by Gasteiger charge is 2.34. The van der Waals surface area contributed by atoms with E-state index in [2.05, 4.69) is 30.4 Å². The summed E-state index contributed by atoms with van der Waals surface area (Å²) in [5.74, 6) is 0.275. The van der Waals surface area contributed by atoms with Crippen LogP contribution in [0.1, 0.15) is 29.5 Å². The van der Waals surface area contributed by atoms with E-state index in [9.17, 15) is 9.59 Å². The van der Waals surface area contributed by atoms with Crippen molar-refractivity contribution < 1.29 is 9.59 Å². The van der Waals surface area contributed by atoms with Gasteiger partial charge in [-0.25, -0.2) is 0 Å². The first-order chi connectivity index (χ1) is 14.6. The Hall–Kier alpha value is -3.40. The van der Waals surface area contributed by atoms with Gasteiger partial charge in [0.15, 0.2) is 0 Å². The second-order valence-electron chi connectivity index (χ2n) is 7.95. The van der Waals surface area contributed by atoms with Crippen LogP contribution in [0.4, 0.5) is 11.4 Å². The van der Waals surface area contributed by atoms with Gasteiger partial charge in [0.1, 0.15) is 0 Å². The molecule has 1 saturated carbocycles. The fourth-order valence-electron chi connectivity index (χ4n) is 3.55. The number of carbonyl (C=O) groups is 2. The number of rotatable bonds is 7. The van der Waals surface area contributed by atoms with Crippen molar-refractivity contribution in [1.29, 1.82) is 0 Å². The second-order valence-corrected chi connectivity index (χ2v) is 7.95. The number of amides is 2. The number of para-hydroxylation sites is 1. The van der Waals surface area contributed by atoms with Crippen LogP contribution < -0.4 is 10.2 Å². The molecular weight excluding hydrogens is 372 g/mol. The third-order valence-corrected chi connectivity index (χ3v) is 5.29. The predicted molar refractivity (Wildman–Crippen MR) is 120 cm³/mol. The fraction of sp³-hybridized carbons (Fsp3) is 0.231. The van der Waals surface area contributed by atoms with E-state index in [-0.39, 0.29) is 17.7 Å². The van der Waals surface area contributed by atoms with Crippen molar-refractivity contribution in [3.8, 4) is 0 Å². The molecule has 0 aromatic heterocycles. The molecule has 2 amide bonds. The number of anilines is 2. The molecule has 152 valence electrons. The Morgan fingerprint density at radius 3 is 2.30 bits per heavy atom. The lowest BCUT2D eigenvalue weighted by Crippen LogP contribution is -2.31. The minimum atomic E-state index is -0.0559. The largest absolute Gasteiger partial charge is 0.326 e. The Kier molecular flexibility index (Phi) is 5.94. The summed E-state index contributed by atoms with van der Waals surface area (Å²) < 4.78 is 0. The van der Waals surface area contributed by atoms with Crippen molar-refractivity contribution in [1.82, 2.24) is 0 Å². The summed E-state index contributed by atoms with van der Waals surface area (Å²) in [5.41, 5.74) is 4.89. The van der Waals surface area contributed by atoms with Crippen LogP contribution in [0.2, 0.25) is 0 Å². The summed E-state index contributed by atoms with van der Waals surface area (Å²) in [6.45, 7) is 2.62. The molecule has 0 unspecified atom stereocenters. The zero-order valence-corrected chi connectivity index (χ0v) is 17.2. The van der Waals surface area contributed by atoms with Gasteiger partial charge < -0.3 is 10.2 Å². The molecule has 1 fully saturated rings. The molecule has 4 heteroatoms. The van der Waals surface area contributed by atoms with E-state index in [0.717, 1.165) is 35.3 Å². The SMILES string of the molecule is Cc1cccc(CN(C(=O)C2CC2)c2ccc(CC(=O)Nc3ccccc3)cc2)c1. The smallest absolute Gasteiger partial charge is 0.230 e. The van der Waals surface area contributed by atoms with Crippen LogP contribution in [0, 0.1) is 12.8 Å². The zero-order valence-electron chi connectivity index (χ0n) is 17.2. The minimum Gasteiger partial charge on any atom is -0.326 e. The highest BCUT2D eigenvalue weighted by molar-refractivity contribution is 5.96. The molecule has 3 aromatic carbocycles. The standard InChI is InChI=1S/C26H26N2O2/c1-19-6-5-7-21(16-19)18-28(26(30)22-12-13-22)24-14-10-20(11-15-24)17-25(29)27-23-8-3-2-4-9-23/h2-11,14-16,22H,12-13,17-18H2,1H3,(H,27,29). The molecule has 1 aliphatic rings. The maximum absolute atomic E-state index is 12.9. The van der Waals surface area contributed by atoms with Crippen LogP contribution in [0.5, 0.6) is 0 Å². The van der Waals surface area contributed by atoms with Gasteiger partial charge in [-0.05, 0) is 55.2 Å². The molecule has 0 spiro atoms. The number of aryl methyl sites for hydroxylation is 1. The van der Waals surface area contributed by atoms with E-state index in [1.165, 1.54) is 5.56 Å². The van der Waals surface area contributed by atoms with Crippen molar-refractivity contribution >= 4 is 23.2 Å². The molecule has 0 bridgehead atoms. The van der Waals surface area contributed by atoms with Crippen LogP contribution in [0.3, 0.4) is 0 Å². The first-order valence-electron chi connectivity index (χ1n) is 10.4. The van der Waals surface area contributed by atoms with Crippen LogP contribution in [0.15, 0.2) is 78.9 Å². The number of nitrogens with one attached hydrogen (secondary N) is 1. The molecule has 1 N–H and O–H groups in total. The normalized spacial score (nSPS) is 13.0. The second kappa shape index (κ2) is 8.95. The summed E-state index contributed by atoms with van der Waals surface area (Å²) in [7, 11) is 0. The molecule has 3 aromatic rings. The van der Waals surface area contributed by atoms with E-state index in [1.54, 1.807) is 0 Å². The number of hydrogen-bond donors (Lipinski definition) is 1. The Morgan fingerprint density at radius 2 is 1.63 bits per heavy atom. The minimum absolute atomic E-state index is 0.0559. The van der Waals surface area contributed by atoms with Crippen molar-refractivity contribution in [2.75, 3.05) is 10.2 Å². The zero-order chi connectivity index (χ0) is 20.9. The van der Waals surface area contributed by atoms with Crippen LogP contribution in [0.25, 0.3) is 0 Å². The lowest BCUT2D eigenvalue weighted by molar-refractivity contribution is -0.120. The molecule has 30 heavy (non-hydrogen) atoms. The molecule has 1 aliphatic carbocycles. The van der Waals surface area contributed by atoms with Crippen molar-refractivity contribution in [2.24, 2.45) is 5.92 Å². The number of hydrogen-bond acceptors (Lipinski definition) is 2. The molecule has 0 saturated heterocycles. The summed E-state index contributed by atoms with van der Waals surface area (Å²) in [5, 5.41) is 2.90. The number of benzene rings is 3. The summed E-state index contributed by atoms with van der Waals surface area (Å²) in [4.78, 5) is 27.1. The van der Waals surface area contributed by atoms with Gasteiger partial charge in [0.2, 0.25) is 11.8 Å². The van der Waals surface area contributed by atoms with Crippen molar-refractivity contribution in [3.05, 3.63) is 95.6 Å². The fourth-order valence-corrected chi connectivity index (χ4v) is 3.55. The van der Waals surface area contributed by atoms with E-state index in [4.69, 9.17) is 0 Å². The molecule has 0 aliphatic heterocycles. The van der Waals surface area contributed by atoms with Gasteiger partial charge in [-0.1, -0.05) is 60.2 Å². The third-order valence-electron chi connectivity index (χ3n) is 5.29. The van der Waals surface area contributed by atoms with Gasteiger partial charge in [0.25, 0.3) is 0 Å². The highest BCUT2D eigenvalue weighted by Crippen LogP contribution is 2.33. The monoisotopic (exact) mass is 398 g/mol. The highest BCUT2D eigenvalue weighted by atomic mass is 16.2. The first-order valence-corrected chi connectivity index (χ1v) is 10.4. The predicted octanol–water partition coefficient (Wildman–Crippen LogP) is 5.12. The summed E-state index contributed by atoms with van der Waals surface area (Å²) in [6, 6.07) is 25.5. The van der Waals surface area contributed by atoms with Gasteiger partial charge in [0.05, 0.1) is 13.0 Å². The van der Waals surface area contributed by atoms with Gasteiger partial charge in [-0.15, -0.1) is 0 Å². The van der Waals surface area contributed by atoms with E-state index in [0.29, 0.717) is 13.0 Å². The molecule has 0 radical (unpaired) electrons. The quantitative estimate of drug-likeness (QED) is 0.601. The van der Waals surface area contributed by atoms with E-state index < -0.39 is 0 Å². The van der Waals surface area contributed by atoms with E-state index >= 15 is 0 Å². The van der Waals surface area contributed by atoms with Crippen LogP contribution in [-0.4, -0.2) is 11.8 Å². The van der Waals surface area contributed by atoms with Crippen molar-refractivity contribution in [2.45, 2.75) is 32.7 Å². The average Bonchev–Trinajstić information content (AvgIpc) is 3.58. The Labute approximate surface area is 177 Å². The molecule has 0 heterocycles. The Balaban J connectivity index is 1.46. The lowest BCUT2D eigenvalue weighted by Gasteiger charge is -2.23.